The van der Waals surface area contributed by atoms with Crippen molar-refractivity contribution in [3.8, 4) is 5.75 Å². The van der Waals surface area contributed by atoms with Gasteiger partial charge in [-0.2, -0.15) is 0 Å². The van der Waals surface area contributed by atoms with E-state index in [1.54, 1.807) is 31.4 Å². The van der Waals surface area contributed by atoms with Gasteiger partial charge in [0.05, 0.1) is 17.1 Å². The van der Waals surface area contributed by atoms with E-state index in [9.17, 15) is 4.79 Å². The normalized spacial score (nSPS) is 10.2. The van der Waals surface area contributed by atoms with Gasteiger partial charge < -0.3 is 15.8 Å². The molecular weight excluding hydrogens is 322 g/mol. The van der Waals surface area contributed by atoms with E-state index in [0.717, 1.165) is 10.2 Å². The molecule has 0 unspecified atom stereocenters. The van der Waals surface area contributed by atoms with Crippen molar-refractivity contribution in [2.45, 2.75) is 6.92 Å². The summed E-state index contributed by atoms with van der Waals surface area (Å²) in [7, 11) is 1.56. The van der Waals surface area contributed by atoms with Gasteiger partial charge in [-0.25, -0.2) is 0 Å². The number of benzene rings is 1. The van der Waals surface area contributed by atoms with Gasteiger partial charge in [0.1, 0.15) is 5.75 Å². The molecule has 1 aromatic carbocycles. The van der Waals surface area contributed by atoms with Crippen LogP contribution in [-0.4, -0.2) is 18.0 Å². The first-order valence-corrected chi connectivity index (χ1v) is 6.67. The van der Waals surface area contributed by atoms with Crippen LogP contribution in [-0.2, 0) is 0 Å². The number of nitrogen functional groups attached to an aromatic ring is 1. The second-order valence-electron chi connectivity index (χ2n) is 4.22. The lowest BCUT2D eigenvalue weighted by molar-refractivity contribution is 0.102. The van der Waals surface area contributed by atoms with Gasteiger partial charge in [-0.1, -0.05) is 0 Å². The Morgan fingerprint density at radius 2 is 2.15 bits per heavy atom. The maximum Gasteiger partial charge on any atom is 0.259 e. The molecule has 1 heterocycles. The Kier molecular flexibility index (Phi) is 4.24. The van der Waals surface area contributed by atoms with Crippen molar-refractivity contribution in [3.63, 3.8) is 0 Å². The number of pyridine rings is 1. The molecular formula is C14H14BrN3O2. The summed E-state index contributed by atoms with van der Waals surface area (Å²) in [6, 6.07) is 6.95. The molecule has 0 fully saturated rings. The van der Waals surface area contributed by atoms with Crippen LogP contribution in [0.3, 0.4) is 0 Å². The van der Waals surface area contributed by atoms with Crippen LogP contribution in [0.15, 0.2) is 34.9 Å². The molecule has 2 rings (SSSR count). The highest BCUT2D eigenvalue weighted by atomic mass is 79.9. The molecule has 0 aliphatic carbocycles. The predicted octanol–water partition coefficient (Wildman–Crippen LogP) is 3.00. The Labute approximate surface area is 125 Å². The van der Waals surface area contributed by atoms with Crippen LogP contribution in [0.4, 0.5) is 11.4 Å². The zero-order valence-corrected chi connectivity index (χ0v) is 12.7. The van der Waals surface area contributed by atoms with Crippen LogP contribution in [0, 0.1) is 6.92 Å². The second-order valence-corrected chi connectivity index (χ2v) is 5.07. The smallest absolute Gasteiger partial charge is 0.259 e. The molecule has 0 bridgehead atoms. The van der Waals surface area contributed by atoms with E-state index in [2.05, 4.69) is 26.2 Å². The molecule has 0 spiro atoms. The van der Waals surface area contributed by atoms with Gasteiger partial charge >= 0.3 is 0 Å². The molecule has 3 N–H and O–H groups in total. The number of carbonyl (C=O) groups is 1. The second kappa shape index (κ2) is 5.92. The first kappa shape index (κ1) is 14.3. The number of aromatic nitrogens is 1. The molecule has 104 valence electrons. The number of nitrogens with two attached hydrogens (primary N) is 1. The van der Waals surface area contributed by atoms with Crippen LogP contribution in [0.1, 0.15) is 16.1 Å². The molecule has 1 aromatic heterocycles. The number of amides is 1. The van der Waals surface area contributed by atoms with E-state index in [1.807, 2.05) is 6.92 Å². The summed E-state index contributed by atoms with van der Waals surface area (Å²) in [5.74, 6) is 0.331. The number of methoxy groups -OCH3 is 1. The standard InChI is InChI=1S/C14H14BrN3O2/c1-8-5-12(16)10(7-17-8)14(19)18-9-3-4-11(15)13(6-9)20-2/h3-7H,1-2H3,(H2,16,17)(H,18,19). The van der Waals surface area contributed by atoms with E-state index in [0.29, 0.717) is 22.7 Å². The van der Waals surface area contributed by atoms with E-state index < -0.39 is 0 Å². The van der Waals surface area contributed by atoms with Gasteiger partial charge in [0.25, 0.3) is 5.91 Å². The predicted molar refractivity (Wildman–Crippen MR) is 82.0 cm³/mol. The molecule has 1 amide bonds. The molecule has 0 saturated heterocycles. The summed E-state index contributed by atoms with van der Waals surface area (Å²) in [5.41, 5.74) is 7.96. The van der Waals surface area contributed by atoms with Gasteiger partial charge in [0, 0.05) is 29.3 Å². The average Bonchev–Trinajstić information content (AvgIpc) is 2.40. The number of hydrogen-bond donors (Lipinski definition) is 2. The third-order valence-corrected chi connectivity index (χ3v) is 3.38. The summed E-state index contributed by atoms with van der Waals surface area (Å²) in [5, 5.41) is 2.76. The summed E-state index contributed by atoms with van der Waals surface area (Å²) < 4.78 is 5.99. The number of aryl methyl sites for hydroxylation is 1. The van der Waals surface area contributed by atoms with E-state index >= 15 is 0 Å². The lowest BCUT2D eigenvalue weighted by Gasteiger charge is -2.10. The van der Waals surface area contributed by atoms with Crippen LogP contribution < -0.4 is 15.8 Å². The molecule has 0 saturated carbocycles. The number of nitrogens with zero attached hydrogens (tertiary/aromatic N) is 1. The largest absolute Gasteiger partial charge is 0.495 e. The van der Waals surface area contributed by atoms with Crippen LogP contribution in [0.5, 0.6) is 5.75 Å². The quantitative estimate of drug-likeness (QED) is 0.903. The fourth-order valence-corrected chi connectivity index (χ4v) is 2.12. The van der Waals surface area contributed by atoms with Crippen molar-refractivity contribution in [1.29, 1.82) is 0 Å². The Bertz CT molecular complexity index is 659. The number of hydrogen-bond acceptors (Lipinski definition) is 4. The van der Waals surface area contributed by atoms with E-state index in [4.69, 9.17) is 10.5 Å². The SMILES string of the molecule is COc1cc(NC(=O)c2cnc(C)cc2N)ccc1Br. The summed E-state index contributed by atoms with van der Waals surface area (Å²) in [6.07, 6.45) is 1.47. The molecule has 0 radical (unpaired) electrons. The highest BCUT2D eigenvalue weighted by Gasteiger charge is 2.11. The zero-order chi connectivity index (χ0) is 14.7. The number of ether oxygens (including phenoxy) is 1. The number of nitrogens with one attached hydrogen (secondary N) is 1. The molecule has 20 heavy (non-hydrogen) atoms. The fourth-order valence-electron chi connectivity index (χ4n) is 1.71. The monoisotopic (exact) mass is 335 g/mol. The van der Waals surface area contributed by atoms with E-state index in [1.165, 1.54) is 6.20 Å². The molecule has 2 aromatic rings. The number of halogens is 1. The van der Waals surface area contributed by atoms with E-state index in [-0.39, 0.29) is 5.91 Å². The summed E-state index contributed by atoms with van der Waals surface area (Å²) >= 11 is 3.35. The van der Waals surface area contributed by atoms with Crippen LogP contribution in [0.25, 0.3) is 0 Å². The Morgan fingerprint density at radius 1 is 1.40 bits per heavy atom. The summed E-state index contributed by atoms with van der Waals surface area (Å²) in [4.78, 5) is 16.2. The minimum atomic E-state index is -0.306. The van der Waals surface area contributed by atoms with Crippen molar-refractivity contribution in [1.82, 2.24) is 4.98 Å². The molecule has 0 aliphatic heterocycles. The molecule has 5 nitrogen and oxygen atoms in total. The minimum absolute atomic E-state index is 0.306. The molecule has 6 heteroatoms. The first-order valence-electron chi connectivity index (χ1n) is 5.88. The highest BCUT2D eigenvalue weighted by Crippen LogP contribution is 2.28. The number of rotatable bonds is 3. The van der Waals surface area contributed by atoms with Gasteiger partial charge in [-0.05, 0) is 41.1 Å². The van der Waals surface area contributed by atoms with Crippen molar-refractivity contribution >= 4 is 33.2 Å². The van der Waals surface area contributed by atoms with Crippen LogP contribution >= 0.6 is 15.9 Å². The highest BCUT2D eigenvalue weighted by molar-refractivity contribution is 9.10. The fraction of sp³-hybridized carbons (Fsp3) is 0.143. The van der Waals surface area contributed by atoms with Gasteiger partial charge in [-0.15, -0.1) is 0 Å². The number of anilines is 2. The maximum absolute atomic E-state index is 12.1. The lowest BCUT2D eigenvalue weighted by atomic mass is 10.2. The topological polar surface area (TPSA) is 77.2 Å². The van der Waals surface area contributed by atoms with Crippen molar-refractivity contribution in [3.05, 3.63) is 46.2 Å². The Morgan fingerprint density at radius 3 is 2.80 bits per heavy atom. The Balaban J connectivity index is 2.23. The lowest BCUT2D eigenvalue weighted by Crippen LogP contribution is -2.14. The third kappa shape index (κ3) is 3.08. The Hall–Kier alpha value is -2.08. The molecule has 0 aliphatic rings. The molecule has 0 atom stereocenters. The van der Waals surface area contributed by atoms with Gasteiger partial charge in [0.2, 0.25) is 0 Å². The first-order chi connectivity index (χ1) is 9.51. The number of carbonyl (C=O) groups excluding carboxylic acids is 1. The minimum Gasteiger partial charge on any atom is -0.495 e. The van der Waals surface area contributed by atoms with Gasteiger partial charge in [-0.3, -0.25) is 9.78 Å². The summed E-state index contributed by atoms with van der Waals surface area (Å²) in [6.45, 7) is 1.82. The maximum atomic E-state index is 12.1. The van der Waals surface area contributed by atoms with Gasteiger partial charge in [0.15, 0.2) is 0 Å². The average molecular weight is 336 g/mol. The zero-order valence-electron chi connectivity index (χ0n) is 11.1. The van der Waals surface area contributed by atoms with Crippen molar-refractivity contribution in [2.24, 2.45) is 0 Å². The third-order valence-electron chi connectivity index (χ3n) is 2.73. The van der Waals surface area contributed by atoms with Crippen LogP contribution in [0.2, 0.25) is 0 Å². The van der Waals surface area contributed by atoms with Crippen molar-refractivity contribution < 1.29 is 9.53 Å². The van der Waals surface area contributed by atoms with Crippen molar-refractivity contribution in [2.75, 3.05) is 18.2 Å².